The average Bonchev–Trinajstić information content (AvgIpc) is 2.23. The molecule has 16 heavy (non-hydrogen) atoms. The van der Waals surface area contributed by atoms with E-state index in [0.29, 0.717) is 25.7 Å². The Morgan fingerprint density at radius 2 is 1.00 bits per heavy atom. The van der Waals surface area contributed by atoms with Crippen LogP contribution in [-0.4, -0.2) is 28.3 Å². The van der Waals surface area contributed by atoms with Crippen molar-refractivity contribution in [3.8, 4) is 0 Å². The maximum Gasteiger partial charge on any atom is 0.171 e. The van der Waals surface area contributed by atoms with Gasteiger partial charge in [0.1, 0.15) is 0 Å². The lowest BCUT2D eigenvalue weighted by atomic mass is 10.2. The summed E-state index contributed by atoms with van der Waals surface area (Å²) in [6.45, 7) is 6.42. The van der Waals surface area contributed by atoms with E-state index >= 15 is 0 Å². The third kappa shape index (κ3) is 7.64. The van der Waals surface area contributed by atoms with Gasteiger partial charge in [0.15, 0.2) is 19.7 Å². The van der Waals surface area contributed by atoms with Gasteiger partial charge in [0.2, 0.25) is 0 Å². The monoisotopic (exact) mass is 266 g/mol. The van der Waals surface area contributed by atoms with Crippen molar-refractivity contribution in [2.45, 2.75) is 25.7 Å². The van der Waals surface area contributed by atoms with Crippen molar-refractivity contribution >= 4 is 19.7 Å². The SMILES string of the molecule is C=CS(=O)(=O)CCCCCCS(=O)(=O)C=C. The highest BCUT2D eigenvalue weighted by Gasteiger charge is 2.06. The first kappa shape index (κ1) is 15.4. The van der Waals surface area contributed by atoms with E-state index in [0.717, 1.165) is 10.8 Å². The first-order valence-electron chi connectivity index (χ1n) is 5.03. The van der Waals surface area contributed by atoms with Crippen molar-refractivity contribution < 1.29 is 16.8 Å². The van der Waals surface area contributed by atoms with E-state index in [4.69, 9.17) is 0 Å². The summed E-state index contributed by atoms with van der Waals surface area (Å²) in [4.78, 5) is 0. The van der Waals surface area contributed by atoms with Crippen LogP contribution in [0, 0.1) is 0 Å². The van der Waals surface area contributed by atoms with Gasteiger partial charge in [0.25, 0.3) is 0 Å². The normalized spacial score (nSPS) is 12.2. The molecule has 0 aliphatic heterocycles. The third-order valence-corrected chi connectivity index (χ3v) is 4.85. The Kier molecular flexibility index (Phi) is 6.59. The van der Waals surface area contributed by atoms with E-state index in [1.54, 1.807) is 0 Å². The fourth-order valence-electron chi connectivity index (χ4n) is 1.13. The molecule has 0 rings (SSSR count). The van der Waals surface area contributed by atoms with Crippen molar-refractivity contribution in [1.82, 2.24) is 0 Å². The zero-order chi connectivity index (χ0) is 12.7. The van der Waals surface area contributed by atoms with Gasteiger partial charge < -0.3 is 0 Å². The summed E-state index contributed by atoms with van der Waals surface area (Å²) >= 11 is 0. The largest absolute Gasteiger partial charge is 0.224 e. The van der Waals surface area contributed by atoms with Gasteiger partial charge in [-0.1, -0.05) is 26.0 Å². The third-order valence-electron chi connectivity index (χ3n) is 2.12. The average molecular weight is 266 g/mol. The van der Waals surface area contributed by atoms with E-state index in [1.807, 2.05) is 0 Å². The molecule has 0 aromatic heterocycles. The molecule has 6 heteroatoms. The highest BCUT2D eigenvalue weighted by Crippen LogP contribution is 2.05. The molecule has 0 fully saturated rings. The van der Waals surface area contributed by atoms with Crippen LogP contribution in [0.4, 0.5) is 0 Å². The first-order chi connectivity index (χ1) is 7.33. The molecule has 0 N–H and O–H groups in total. The Morgan fingerprint density at radius 3 is 1.25 bits per heavy atom. The van der Waals surface area contributed by atoms with Crippen LogP contribution in [0.3, 0.4) is 0 Å². The van der Waals surface area contributed by atoms with Gasteiger partial charge in [-0.2, -0.15) is 0 Å². The van der Waals surface area contributed by atoms with Crippen LogP contribution >= 0.6 is 0 Å². The van der Waals surface area contributed by atoms with Gasteiger partial charge in [-0.15, -0.1) is 0 Å². The van der Waals surface area contributed by atoms with Gasteiger partial charge >= 0.3 is 0 Å². The van der Waals surface area contributed by atoms with E-state index in [9.17, 15) is 16.8 Å². The second-order valence-corrected chi connectivity index (χ2v) is 7.62. The number of hydrogen-bond acceptors (Lipinski definition) is 4. The molecule has 0 aromatic rings. The highest BCUT2D eigenvalue weighted by molar-refractivity contribution is 7.94. The van der Waals surface area contributed by atoms with Crippen LogP contribution in [0.1, 0.15) is 25.7 Å². The topological polar surface area (TPSA) is 68.3 Å². The number of unbranched alkanes of at least 4 members (excludes halogenated alkanes) is 3. The molecular formula is C10H18O4S2. The van der Waals surface area contributed by atoms with Gasteiger partial charge in [-0.05, 0) is 12.8 Å². The van der Waals surface area contributed by atoms with Crippen molar-refractivity contribution in [1.29, 1.82) is 0 Å². The summed E-state index contributed by atoms with van der Waals surface area (Å²) in [6.07, 6.45) is 2.50. The molecule has 0 atom stereocenters. The Morgan fingerprint density at radius 1 is 0.688 bits per heavy atom. The number of sulfone groups is 2. The Bertz CT molecular complexity index is 376. The van der Waals surface area contributed by atoms with Crippen molar-refractivity contribution in [3.63, 3.8) is 0 Å². The lowest BCUT2D eigenvalue weighted by Gasteiger charge is -2.00. The molecule has 0 aliphatic carbocycles. The van der Waals surface area contributed by atoms with Crippen LogP contribution in [0.5, 0.6) is 0 Å². The zero-order valence-electron chi connectivity index (χ0n) is 9.26. The van der Waals surface area contributed by atoms with Crippen LogP contribution < -0.4 is 0 Å². The lowest BCUT2D eigenvalue weighted by Crippen LogP contribution is -2.03. The van der Waals surface area contributed by atoms with Gasteiger partial charge in [0.05, 0.1) is 11.5 Å². The summed E-state index contributed by atoms with van der Waals surface area (Å²) in [5.74, 6) is 0.176. The van der Waals surface area contributed by atoms with Crippen molar-refractivity contribution in [2.24, 2.45) is 0 Å². The Labute approximate surface area is 97.9 Å². The van der Waals surface area contributed by atoms with Crippen LogP contribution in [0.15, 0.2) is 24.0 Å². The summed E-state index contributed by atoms with van der Waals surface area (Å²) < 4.78 is 44.0. The molecule has 0 unspecified atom stereocenters. The standard InChI is InChI=1S/C10H18O4S2/c1-3-15(11,12)9-7-5-6-8-10-16(13,14)4-2/h3-4H,1-2,5-10H2. The molecule has 0 bridgehead atoms. The minimum absolute atomic E-state index is 0.0880. The summed E-state index contributed by atoms with van der Waals surface area (Å²) in [5, 5.41) is 1.91. The maximum absolute atomic E-state index is 11.0. The summed E-state index contributed by atoms with van der Waals surface area (Å²) in [7, 11) is -6.22. The molecule has 4 nitrogen and oxygen atoms in total. The predicted octanol–water partition coefficient (Wildman–Crippen LogP) is 1.66. The lowest BCUT2D eigenvalue weighted by molar-refractivity contribution is 0.590. The predicted molar refractivity (Wildman–Crippen MR) is 66.4 cm³/mol. The minimum Gasteiger partial charge on any atom is -0.224 e. The highest BCUT2D eigenvalue weighted by atomic mass is 32.2. The smallest absolute Gasteiger partial charge is 0.171 e. The van der Waals surface area contributed by atoms with Crippen LogP contribution in [-0.2, 0) is 19.7 Å². The molecule has 0 heterocycles. The molecule has 0 spiro atoms. The Balaban J connectivity index is 3.64. The number of hydrogen-bond donors (Lipinski definition) is 0. The van der Waals surface area contributed by atoms with Gasteiger partial charge in [0, 0.05) is 10.8 Å². The molecular weight excluding hydrogens is 248 g/mol. The minimum atomic E-state index is -3.11. The van der Waals surface area contributed by atoms with E-state index in [1.165, 1.54) is 0 Å². The molecule has 0 saturated carbocycles. The molecule has 94 valence electrons. The summed E-state index contributed by atoms with van der Waals surface area (Å²) in [6, 6.07) is 0. The van der Waals surface area contributed by atoms with Crippen LogP contribution in [0.25, 0.3) is 0 Å². The fourth-order valence-corrected chi connectivity index (χ4v) is 2.67. The van der Waals surface area contributed by atoms with Gasteiger partial charge in [-0.3, -0.25) is 0 Å². The van der Waals surface area contributed by atoms with E-state index < -0.39 is 19.7 Å². The van der Waals surface area contributed by atoms with Gasteiger partial charge in [-0.25, -0.2) is 16.8 Å². The molecule has 0 radical (unpaired) electrons. The molecule has 0 aliphatic rings. The summed E-state index contributed by atoms with van der Waals surface area (Å²) in [5.41, 5.74) is 0. The van der Waals surface area contributed by atoms with E-state index in [2.05, 4.69) is 13.2 Å². The molecule has 0 amide bonds. The Hall–Kier alpha value is -0.620. The quantitative estimate of drug-likeness (QED) is 0.595. The molecule has 0 saturated heterocycles. The van der Waals surface area contributed by atoms with E-state index in [-0.39, 0.29) is 11.5 Å². The zero-order valence-corrected chi connectivity index (χ0v) is 10.9. The molecule has 0 aromatic carbocycles. The van der Waals surface area contributed by atoms with Crippen molar-refractivity contribution in [2.75, 3.05) is 11.5 Å². The maximum atomic E-state index is 11.0. The fraction of sp³-hybridized carbons (Fsp3) is 0.600. The first-order valence-corrected chi connectivity index (χ1v) is 8.46. The second-order valence-electron chi connectivity index (χ2n) is 3.48. The second kappa shape index (κ2) is 6.85. The number of rotatable bonds is 9. The van der Waals surface area contributed by atoms with Crippen LogP contribution in [0.2, 0.25) is 0 Å². The van der Waals surface area contributed by atoms with Crippen molar-refractivity contribution in [3.05, 3.63) is 24.0 Å².